The van der Waals surface area contributed by atoms with Crippen molar-refractivity contribution in [3.63, 3.8) is 0 Å². The minimum absolute atomic E-state index is 0.115. The lowest BCUT2D eigenvalue weighted by Gasteiger charge is -2.35. The summed E-state index contributed by atoms with van der Waals surface area (Å²) in [5.74, 6) is 0.561. The predicted molar refractivity (Wildman–Crippen MR) is 108 cm³/mol. The number of aromatic nitrogens is 4. The monoisotopic (exact) mass is 392 g/mol. The van der Waals surface area contributed by atoms with Gasteiger partial charge in [0, 0.05) is 31.0 Å². The number of imidazole rings is 1. The highest BCUT2D eigenvalue weighted by Crippen LogP contribution is 2.25. The average Bonchev–Trinajstić information content (AvgIpc) is 3.13. The zero-order valence-electron chi connectivity index (χ0n) is 15.8. The number of nitrogens with one attached hydrogen (secondary N) is 1. The lowest BCUT2D eigenvalue weighted by molar-refractivity contribution is 0.266. The van der Waals surface area contributed by atoms with Gasteiger partial charge in [0.15, 0.2) is 11.6 Å². The van der Waals surface area contributed by atoms with E-state index in [2.05, 4.69) is 37.8 Å². The molecule has 3 N–H and O–H groups in total. The molecule has 148 valence electrons. The second-order valence-electron chi connectivity index (χ2n) is 7.05. The first-order valence-electron chi connectivity index (χ1n) is 9.37. The molecule has 3 aromatic rings. The first-order valence-corrected chi connectivity index (χ1v) is 9.37. The molecule has 29 heavy (non-hydrogen) atoms. The van der Waals surface area contributed by atoms with Crippen molar-refractivity contribution in [3.05, 3.63) is 48.8 Å². The van der Waals surface area contributed by atoms with Gasteiger partial charge in [0.05, 0.1) is 30.6 Å². The van der Waals surface area contributed by atoms with Crippen LogP contribution < -0.4 is 11.1 Å². The van der Waals surface area contributed by atoms with E-state index in [0.29, 0.717) is 35.1 Å². The summed E-state index contributed by atoms with van der Waals surface area (Å²) in [7, 11) is 0. The van der Waals surface area contributed by atoms with E-state index in [1.165, 1.54) is 12.3 Å². The average molecular weight is 392 g/mol. The molecule has 1 aliphatic heterocycles. The summed E-state index contributed by atoms with van der Waals surface area (Å²) >= 11 is 0. The van der Waals surface area contributed by atoms with Gasteiger partial charge in [0.2, 0.25) is 0 Å². The Balaban J connectivity index is 1.58. The van der Waals surface area contributed by atoms with Crippen LogP contribution in [-0.2, 0) is 0 Å². The van der Waals surface area contributed by atoms with Crippen LogP contribution in [-0.4, -0.2) is 43.4 Å². The molecule has 9 heteroatoms. The van der Waals surface area contributed by atoms with E-state index in [1.807, 2.05) is 0 Å². The van der Waals surface area contributed by atoms with Gasteiger partial charge in [-0.2, -0.15) is 5.26 Å². The van der Waals surface area contributed by atoms with Crippen LogP contribution in [0.5, 0.6) is 0 Å². The maximum atomic E-state index is 13.7. The lowest BCUT2D eigenvalue weighted by Crippen LogP contribution is -2.41. The summed E-state index contributed by atoms with van der Waals surface area (Å²) in [6.07, 6.45) is 6.75. The molecule has 0 radical (unpaired) electrons. The van der Waals surface area contributed by atoms with Gasteiger partial charge in [-0.15, -0.1) is 0 Å². The van der Waals surface area contributed by atoms with Crippen molar-refractivity contribution < 1.29 is 4.39 Å². The molecule has 8 nitrogen and oxygen atoms in total. The highest BCUT2D eigenvalue weighted by molar-refractivity contribution is 5.65. The van der Waals surface area contributed by atoms with Gasteiger partial charge in [-0.1, -0.05) is 6.58 Å². The summed E-state index contributed by atoms with van der Waals surface area (Å²) in [5.41, 5.74) is 8.53. The van der Waals surface area contributed by atoms with E-state index < -0.39 is 0 Å². The maximum Gasteiger partial charge on any atom is 0.180 e. The Morgan fingerprint density at radius 2 is 2.24 bits per heavy atom. The largest absolute Gasteiger partial charge is 0.394 e. The second-order valence-corrected chi connectivity index (χ2v) is 7.05. The van der Waals surface area contributed by atoms with Crippen LogP contribution >= 0.6 is 0 Å². The van der Waals surface area contributed by atoms with Gasteiger partial charge < -0.3 is 16.0 Å². The zero-order valence-corrected chi connectivity index (χ0v) is 15.8. The van der Waals surface area contributed by atoms with E-state index in [1.54, 1.807) is 22.9 Å². The Bertz CT molecular complexity index is 1100. The van der Waals surface area contributed by atoms with E-state index >= 15 is 0 Å². The molecule has 1 saturated heterocycles. The SMILES string of the molecule is C=C(CC#N)N1CCCC(Nc2nc(-c3cnc4ccc(F)cn34)ncc2N)C1. The minimum atomic E-state index is -0.370. The van der Waals surface area contributed by atoms with E-state index in [0.717, 1.165) is 31.6 Å². The number of nitriles is 1. The van der Waals surface area contributed by atoms with Gasteiger partial charge >= 0.3 is 0 Å². The molecule has 0 bridgehead atoms. The molecule has 0 aliphatic carbocycles. The number of halogens is 1. The molecular formula is C20H21FN8. The number of piperidine rings is 1. The quantitative estimate of drug-likeness (QED) is 0.687. The molecule has 3 aromatic heterocycles. The standard InChI is InChI=1S/C20H21FN8/c1-13(6-7-22)28-8-2-3-15(12-28)26-19-16(23)9-25-20(27-19)17-10-24-18-5-4-14(21)11-29(17)18/h4-5,9-11,15H,1-3,6,8,12,23H2,(H,25,26,27). The topological polar surface area (TPSA) is 108 Å². The van der Waals surface area contributed by atoms with Gasteiger partial charge in [-0.05, 0) is 25.0 Å². The van der Waals surface area contributed by atoms with Crippen molar-refractivity contribution >= 4 is 17.2 Å². The van der Waals surface area contributed by atoms with Crippen LogP contribution in [0.4, 0.5) is 15.9 Å². The van der Waals surface area contributed by atoms with Crippen molar-refractivity contribution in [2.45, 2.75) is 25.3 Å². The van der Waals surface area contributed by atoms with Gasteiger partial charge in [-0.25, -0.2) is 19.3 Å². The number of nitrogens with zero attached hydrogens (tertiary/aromatic N) is 6. The number of nitrogens with two attached hydrogens (primary N) is 1. The fourth-order valence-corrected chi connectivity index (χ4v) is 3.53. The summed E-state index contributed by atoms with van der Waals surface area (Å²) < 4.78 is 15.3. The molecule has 4 heterocycles. The van der Waals surface area contributed by atoms with E-state index in [-0.39, 0.29) is 11.9 Å². The van der Waals surface area contributed by atoms with Crippen molar-refractivity contribution in [2.24, 2.45) is 0 Å². The van der Waals surface area contributed by atoms with Crippen LogP contribution in [0, 0.1) is 17.1 Å². The summed E-state index contributed by atoms with van der Waals surface area (Å²) in [4.78, 5) is 15.3. The Kier molecular flexibility index (Phi) is 4.99. The lowest BCUT2D eigenvalue weighted by atomic mass is 10.0. The number of anilines is 2. The fourth-order valence-electron chi connectivity index (χ4n) is 3.53. The van der Waals surface area contributed by atoms with Crippen LogP contribution in [0.15, 0.2) is 43.0 Å². The highest BCUT2D eigenvalue weighted by Gasteiger charge is 2.22. The predicted octanol–water partition coefficient (Wildman–Crippen LogP) is 2.82. The molecule has 1 atom stereocenters. The molecule has 1 unspecified atom stereocenters. The minimum Gasteiger partial charge on any atom is -0.394 e. The third-order valence-corrected chi connectivity index (χ3v) is 5.01. The van der Waals surface area contributed by atoms with E-state index in [9.17, 15) is 4.39 Å². The summed E-state index contributed by atoms with van der Waals surface area (Å²) in [6, 6.07) is 5.21. The number of rotatable bonds is 5. The van der Waals surface area contributed by atoms with Crippen molar-refractivity contribution in [1.29, 1.82) is 5.26 Å². The number of hydrogen-bond acceptors (Lipinski definition) is 7. The smallest absolute Gasteiger partial charge is 0.180 e. The van der Waals surface area contributed by atoms with Crippen LogP contribution in [0.25, 0.3) is 17.2 Å². The molecule has 1 aliphatic rings. The Morgan fingerprint density at radius 1 is 1.38 bits per heavy atom. The van der Waals surface area contributed by atoms with E-state index in [4.69, 9.17) is 11.0 Å². The molecule has 1 fully saturated rings. The third kappa shape index (κ3) is 3.82. The zero-order chi connectivity index (χ0) is 20.4. The molecule has 0 saturated carbocycles. The second kappa shape index (κ2) is 7.75. The molecule has 0 aromatic carbocycles. The van der Waals surface area contributed by atoms with Gasteiger partial charge in [-0.3, -0.25) is 4.40 Å². The van der Waals surface area contributed by atoms with Crippen LogP contribution in [0.2, 0.25) is 0 Å². The maximum absolute atomic E-state index is 13.7. The Hall–Kier alpha value is -3.67. The fraction of sp³-hybridized carbons (Fsp3) is 0.300. The van der Waals surface area contributed by atoms with Gasteiger partial charge in [0.1, 0.15) is 17.2 Å². The number of pyridine rings is 1. The third-order valence-electron chi connectivity index (χ3n) is 5.01. The number of fused-ring (bicyclic) bond motifs is 1. The first kappa shape index (κ1) is 18.7. The van der Waals surface area contributed by atoms with Crippen LogP contribution in [0.1, 0.15) is 19.3 Å². The molecule has 4 rings (SSSR count). The van der Waals surface area contributed by atoms with Crippen molar-refractivity contribution in [2.75, 3.05) is 24.1 Å². The Morgan fingerprint density at radius 3 is 3.07 bits per heavy atom. The summed E-state index contributed by atoms with van der Waals surface area (Å²) in [6.45, 7) is 5.60. The number of hydrogen-bond donors (Lipinski definition) is 2. The number of likely N-dealkylation sites (tertiary alicyclic amines) is 1. The first-order chi connectivity index (χ1) is 14.0. The van der Waals surface area contributed by atoms with Crippen molar-refractivity contribution in [1.82, 2.24) is 24.3 Å². The van der Waals surface area contributed by atoms with Gasteiger partial charge in [0.25, 0.3) is 0 Å². The molecular weight excluding hydrogens is 371 g/mol. The molecule has 0 spiro atoms. The Labute approximate surface area is 167 Å². The number of allylic oxidation sites excluding steroid dienone is 1. The highest BCUT2D eigenvalue weighted by atomic mass is 19.1. The normalized spacial score (nSPS) is 16.6. The molecule has 0 amide bonds. The van der Waals surface area contributed by atoms with Crippen LogP contribution in [0.3, 0.4) is 0 Å². The number of nitrogen functional groups attached to an aromatic ring is 1. The summed E-state index contributed by atoms with van der Waals surface area (Å²) in [5, 5.41) is 12.3. The van der Waals surface area contributed by atoms with Crippen molar-refractivity contribution in [3.8, 4) is 17.6 Å².